The van der Waals surface area contributed by atoms with Crippen molar-refractivity contribution in [2.24, 2.45) is 0 Å². The van der Waals surface area contributed by atoms with E-state index in [-0.39, 0.29) is 0 Å². The van der Waals surface area contributed by atoms with Crippen molar-refractivity contribution in [2.75, 3.05) is 19.6 Å². The number of carbonyl (C=O) groups excluding carboxylic acids is 2. The minimum atomic E-state index is -0.717. The standard InChI is InChI=1S/C10H16N2O3/c1-2-6-11-9(13)15-10(14)12-7-4-3-5-8-12/h2H,1,3-8H2,(H,11,13). The Labute approximate surface area is 89.1 Å². The zero-order valence-electron chi connectivity index (χ0n) is 8.70. The lowest BCUT2D eigenvalue weighted by molar-refractivity contribution is 0.111. The van der Waals surface area contributed by atoms with Crippen molar-refractivity contribution >= 4 is 12.2 Å². The average Bonchev–Trinajstić information content (AvgIpc) is 2.27. The van der Waals surface area contributed by atoms with Gasteiger partial charge in [-0.15, -0.1) is 6.58 Å². The highest BCUT2D eigenvalue weighted by atomic mass is 16.6. The largest absolute Gasteiger partial charge is 0.418 e. The first-order valence-corrected chi connectivity index (χ1v) is 5.09. The summed E-state index contributed by atoms with van der Waals surface area (Å²) >= 11 is 0. The van der Waals surface area contributed by atoms with Gasteiger partial charge in [0.05, 0.1) is 0 Å². The minimum absolute atomic E-state index is 0.298. The van der Waals surface area contributed by atoms with Gasteiger partial charge in [0.15, 0.2) is 0 Å². The molecule has 1 aliphatic rings. The summed E-state index contributed by atoms with van der Waals surface area (Å²) in [5.41, 5.74) is 0. The normalized spacial score (nSPS) is 15.6. The predicted octanol–water partition coefficient (Wildman–Crippen LogP) is 1.50. The molecule has 0 aromatic heterocycles. The molecule has 0 radical (unpaired) electrons. The molecule has 84 valence electrons. The number of nitrogens with zero attached hydrogens (tertiary/aromatic N) is 1. The number of nitrogens with one attached hydrogen (secondary N) is 1. The fraction of sp³-hybridized carbons (Fsp3) is 0.600. The van der Waals surface area contributed by atoms with E-state index in [2.05, 4.69) is 16.6 Å². The van der Waals surface area contributed by atoms with Crippen molar-refractivity contribution < 1.29 is 14.3 Å². The Morgan fingerprint density at radius 1 is 1.33 bits per heavy atom. The Hall–Kier alpha value is -1.52. The Bertz CT molecular complexity index is 247. The molecular formula is C10H16N2O3. The lowest BCUT2D eigenvalue weighted by Crippen LogP contribution is -2.39. The monoisotopic (exact) mass is 212 g/mol. The molecule has 0 spiro atoms. The Morgan fingerprint density at radius 2 is 2.00 bits per heavy atom. The van der Waals surface area contributed by atoms with Crippen molar-refractivity contribution in [3.05, 3.63) is 12.7 Å². The van der Waals surface area contributed by atoms with Crippen LogP contribution in [0.3, 0.4) is 0 Å². The van der Waals surface area contributed by atoms with Crippen LogP contribution in [-0.2, 0) is 4.74 Å². The quantitative estimate of drug-likeness (QED) is 0.557. The minimum Gasteiger partial charge on any atom is -0.359 e. The summed E-state index contributed by atoms with van der Waals surface area (Å²) in [6.45, 7) is 5.08. The van der Waals surface area contributed by atoms with E-state index in [9.17, 15) is 9.59 Å². The highest BCUT2D eigenvalue weighted by molar-refractivity contribution is 5.83. The Morgan fingerprint density at radius 3 is 2.60 bits per heavy atom. The van der Waals surface area contributed by atoms with Crippen LogP contribution in [0.5, 0.6) is 0 Å². The zero-order valence-corrected chi connectivity index (χ0v) is 8.70. The fourth-order valence-corrected chi connectivity index (χ4v) is 1.41. The maximum Gasteiger partial charge on any atom is 0.418 e. The number of likely N-dealkylation sites (tertiary alicyclic amines) is 1. The van der Waals surface area contributed by atoms with Gasteiger partial charge >= 0.3 is 12.2 Å². The third kappa shape index (κ3) is 4.01. The van der Waals surface area contributed by atoms with E-state index >= 15 is 0 Å². The third-order valence-electron chi connectivity index (χ3n) is 2.19. The fourth-order valence-electron chi connectivity index (χ4n) is 1.41. The van der Waals surface area contributed by atoms with Crippen LogP contribution in [0.4, 0.5) is 9.59 Å². The van der Waals surface area contributed by atoms with Crippen molar-refractivity contribution in [3.8, 4) is 0 Å². The van der Waals surface area contributed by atoms with Crippen LogP contribution in [-0.4, -0.2) is 36.7 Å². The summed E-state index contributed by atoms with van der Waals surface area (Å²) in [7, 11) is 0. The van der Waals surface area contributed by atoms with Crippen molar-refractivity contribution in [1.29, 1.82) is 0 Å². The first-order chi connectivity index (χ1) is 7.24. The first kappa shape index (κ1) is 11.6. The molecule has 0 aromatic rings. The number of ether oxygens (including phenoxy) is 1. The summed E-state index contributed by atoms with van der Waals surface area (Å²) < 4.78 is 4.58. The topological polar surface area (TPSA) is 58.6 Å². The van der Waals surface area contributed by atoms with E-state index < -0.39 is 12.2 Å². The number of carbonyl (C=O) groups is 2. The van der Waals surface area contributed by atoms with E-state index in [1.54, 1.807) is 4.90 Å². The molecule has 2 amide bonds. The molecule has 1 fully saturated rings. The lowest BCUT2D eigenvalue weighted by atomic mass is 10.1. The summed E-state index contributed by atoms with van der Waals surface area (Å²) in [6, 6.07) is 0. The molecule has 0 aliphatic carbocycles. The molecule has 0 aromatic carbocycles. The van der Waals surface area contributed by atoms with Crippen LogP contribution < -0.4 is 5.32 Å². The van der Waals surface area contributed by atoms with Gasteiger partial charge in [-0.05, 0) is 19.3 Å². The van der Waals surface area contributed by atoms with Gasteiger partial charge in [-0.1, -0.05) is 6.08 Å². The van der Waals surface area contributed by atoms with Crippen LogP contribution in [0, 0.1) is 0 Å². The molecule has 1 heterocycles. The summed E-state index contributed by atoms with van der Waals surface area (Å²) in [5, 5.41) is 2.38. The van der Waals surface area contributed by atoms with E-state index in [0.717, 1.165) is 19.3 Å². The highest BCUT2D eigenvalue weighted by Gasteiger charge is 2.19. The van der Waals surface area contributed by atoms with Gasteiger partial charge in [-0.25, -0.2) is 9.59 Å². The van der Waals surface area contributed by atoms with Gasteiger partial charge in [-0.2, -0.15) is 0 Å². The number of amides is 2. The van der Waals surface area contributed by atoms with Crippen LogP contribution in [0.25, 0.3) is 0 Å². The summed E-state index contributed by atoms with van der Waals surface area (Å²) in [6.07, 6.45) is 3.33. The van der Waals surface area contributed by atoms with Gasteiger partial charge < -0.3 is 15.0 Å². The van der Waals surface area contributed by atoms with Gasteiger partial charge in [0.2, 0.25) is 0 Å². The predicted molar refractivity (Wildman–Crippen MR) is 55.5 cm³/mol. The molecular weight excluding hydrogens is 196 g/mol. The van der Waals surface area contributed by atoms with Crippen LogP contribution in [0.15, 0.2) is 12.7 Å². The number of hydrogen-bond acceptors (Lipinski definition) is 3. The zero-order chi connectivity index (χ0) is 11.1. The van der Waals surface area contributed by atoms with Gasteiger partial charge in [0.1, 0.15) is 0 Å². The van der Waals surface area contributed by atoms with E-state index in [1.807, 2.05) is 0 Å². The molecule has 1 rings (SSSR count). The lowest BCUT2D eigenvalue weighted by Gasteiger charge is -2.25. The molecule has 1 N–H and O–H groups in total. The molecule has 0 saturated carbocycles. The molecule has 5 heteroatoms. The Balaban J connectivity index is 2.27. The highest BCUT2D eigenvalue weighted by Crippen LogP contribution is 2.09. The van der Waals surface area contributed by atoms with Crippen molar-refractivity contribution in [1.82, 2.24) is 10.2 Å². The Kier molecular flexibility index (Phi) is 4.66. The van der Waals surface area contributed by atoms with E-state index in [1.165, 1.54) is 6.08 Å². The van der Waals surface area contributed by atoms with Crippen LogP contribution >= 0.6 is 0 Å². The number of piperidine rings is 1. The average molecular weight is 212 g/mol. The molecule has 0 unspecified atom stereocenters. The summed E-state index contributed by atoms with van der Waals surface area (Å²) in [4.78, 5) is 24.0. The van der Waals surface area contributed by atoms with E-state index in [0.29, 0.717) is 19.6 Å². The smallest absolute Gasteiger partial charge is 0.359 e. The maximum absolute atomic E-state index is 11.4. The van der Waals surface area contributed by atoms with E-state index in [4.69, 9.17) is 0 Å². The van der Waals surface area contributed by atoms with Gasteiger partial charge in [0.25, 0.3) is 0 Å². The second-order valence-corrected chi connectivity index (χ2v) is 3.37. The molecule has 0 atom stereocenters. The van der Waals surface area contributed by atoms with Gasteiger partial charge in [-0.3, -0.25) is 0 Å². The SMILES string of the molecule is C=CCNC(=O)OC(=O)N1CCCCC1. The number of alkyl carbamates (subject to hydrolysis) is 1. The van der Waals surface area contributed by atoms with Crippen LogP contribution in [0.2, 0.25) is 0 Å². The third-order valence-corrected chi connectivity index (χ3v) is 2.19. The maximum atomic E-state index is 11.4. The molecule has 0 bridgehead atoms. The number of hydrogen-bond donors (Lipinski definition) is 1. The van der Waals surface area contributed by atoms with Crippen molar-refractivity contribution in [2.45, 2.75) is 19.3 Å². The molecule has 15 heavy (non-hydrogen) atoms. The first-order valence-electron chi connectivity index (χ1n) is 5.09. The number of rotatable bonds is 2. The second-order valence-electron chi connectivity index (χ2n) is 3.37. The molecule has 1 saturated heterocycles. The van der Waals surface area contributed by atoms with Crippen molar-refractivity contribution in [3.63, 3.8) is 0 Å². The second kappa shape index (κ2) is 6.06. The van der Waals surface area contributed by atoms with Crippen LogP contribution in [0.1, 0.15) is 19.3 Å². The molecule has 5 nitrogen and oxygen atoms in total. The van der Waals surface area contributed by atoms with Gasteiger partial charge in [0, 0.05) is 19.6 Å². The molecule has 1 aliphatic heterocycles. The summed E-state index contributed by atoms with van der Waals surface area (Å²) in [5.74, 6) is 0.